The summed E-state index contributed by atoms with van der Waals surface area (Å²) in [5, 5.41) is 3.45. The summed E-state index contributed by atoms with van der Waals surface area (Å²) in [7, 11) is 2.00. The van der Waals surface area contributed by atoms with Gasteiger partial charge in [-0.1, -0.05) is 6.07 Å². The van der Waals surface area contributed by atoms with E-state index < -0.39 is 11.6 Å². The Morgan fingerprint density at radius 3 is 2.86 bits per heavy atom. The van der Waals surface area contributed by atoms with Crippen LogP contribution < -0.4 is 5.32 Å². The number of aryl methyl sites for hydroxylation is 1. The maximum atomic E-state index is 13.4. The summed E-state index contributed by atoms with van der Waals surface area (Å²) in [6.45, 7) is 1.34. The number of nitrogens with zero attached hydrogens (tertiary/aromatic N) is 1. The fourth-order valence-electron chi connectivity index (χ4n) is 2.73. The van der Waals surface area contributed by atoms with E-state index in [1.807, 2.05) is 19.3 Å². The fourth-order valence-corrected chi connectivity index (χ4v) is 2.73. The molecule has 0 bridgehead atoms. The average Bonchev–Trinajstić information content (AvgIpc) is 3.08. The lowest BCUT2D eigenvalue weighted by atomic mass is 10.0. The Hall–Kier alpha value is -1.72. The van der Waals surface area contributed by atoms with Crippen LogP contribution in [0.2, 0.25) is 0 Å². The Morgan fingerprint density at radius 2 is 2.14 bits per heavy atom. The highest BCUT2D eigenvalue weighted by Gasteiger charge is 2.29. The zero-order valence-corrected chi connectivity index (χ0v) is 11.9. The summed E-state index contributed by atoms with van der Waals surface area (Å²) in [5.41, 5.74) is 1.85. The third-order valence-electron chi connectivity index (χ3n) is 3.96. The van der Waals surface area contributed by atoms with Gasteiger partial charge in [0.05, 0.1) is 6.10 Å². The van der Waals surface area contributed by atoms with E-state index in [0.29, 0.717) is 12.2 Å². The van der Waals surface area contributed by atoms with Crippen LogP contribution in [0.4, 0.5) is 8.78 Å². The molecule has 5 heteroatoms. The van der Waals surface area contributed by atoms with Crippen molar-refractivity contribution in [2.75, 3.05) is 6.61 Å². The SMILES string of the molecule is Cn1cccc1CN[C@@H]1CCO[C@H]1c1ccc(F)c(F)c1. The summed E-state index contributed by atoms with van der Waals surface area (Å²) < 4.78 is 34.1. The van der Waals surface area contributed by atoms with E-state index >= 15 is 0 Å². The second-order valence-electron chi connectivity index (χ2n) is 5.35. The van der Waals surface area contributed by atoms with Crippen molar-refractivity contribution in [3.63, 3.8) is 0 Å². The quantitative estimate of drug-likeness (QED) is 0.937. The molecule has 0 amide bonds. The van der Waals surface area contributed by atoms with Crippen molar-refractivity contribution in [3.05, 3.63) is 59.4 Å². The van der Waals surface area contributed by atoms with Crippen LogP contribution in [0, 0.1) is 11.6 Å². The normalized spacial score (nSPS) is 21.9. The second-order valence-corrected chi connectivity index (χ2v) is 5.35. The second kappa shape index (κ2) is 5.95. The van der Waals surface area contributed by atoms with Crippen LogP contribution in [-0.2, 0) is 18.3 Å². The van der Waals surface area contributed by atoms with Crippen LogP contribution in [0.25, 0.3) is 0 Å². The Labute approximate surface area is 122 Å². The van der Waals surface area contributed by atoms with Crippen molar-refractivity contribution in [3.8, 4) is 0 Å². The van der Waals surface area contributed by atoms with Gasteiger partial charge in [-0.2, -0.15) is 0 Å². The zero-order chi connectivity index (χ0) is 14.8. The number of rotatable bonds is 4. The molecule has 0 aliphatic carbocycles. The molecule has 1 aromatic heterocycles. The Kier molecular flexibility index (Phi) is 4.03. The molecule has 2 heterocycles. The molecule has 2 aromatic rings. The van der Waals surface area contributed by atoms with Gasteiger partial charge in [-0.3, -0.25) is 0 Å². The van der Waals surface area contributed by atoms with Gasteiger partial charge in [0.1, 0.15) is 0 Å². The largest absolute Gasteiger partial charge is 0.372 e. The molecule has 0 radical (unpaired) electrons. The molecule has 1 saturated heterocycles. The van der Waals surface area contributed by atoms with Gasteiger partial charge in [0.15, 0.2) is 11.6 Å². The van der Waals surface area contributed by atoms with Gasteiger partial charge in [-0.15, -0.1) is 0 Å². The first kappa shape index (κ1) is 14.2. The third-order valence-corrected chi connectivity index (χ3v) is 3.96. The highest BCUT2D eigenvalue weighted by atomic mass is 19.2. The lowest BCUT2D eigenvalue weighted by Gasteiger charge is -2.20. The Bertz CT molecular complexity index is 626. The molecule has 1 N–H and O–H groups in total. The molecule has 112 valence electrons. The predicted molar refractivity (Wildman–Crippen MR) is 75.7 cm³/mol. The summed E-state index contributed by atoms with van der Waals surface area (Å²) in [4.78, 5) is 0. The molecule has 1 aliphatic heterocycles. The number of halogens is 2. The van der Waals surface area contributed by atoms with Crippen molar-refractivity contribution in [2.45, 2.75) is 25.1 Å². The van der Waals surface area contributed by atoms with Crippen molar-refractivity contribution in [2.24, 2.45) is 7.05 Å². The van der Waals surface area contributed by atoms with Crippen molar-refractivity contribution >= 4 is 0 Å². The molecule has 1 aliphatic rings. The van der Waals surface area contributed by atoms with E-state index in [1.54, 1.807) is 6.07 Å². The topological polar surface area (TPSA) is 26.2 Å². The highest BCUT2D eigenvalue weighted by Crippen LogP contribution is 2.30. The van der Waals surface area contributed by atoms with E-state index in [0.717, 1.165) is 19.0 Å². The zero-order valence-electron chi connectivity index (χ0n) is 11.9. The minimum atomic E-state index is -0.829. The smallest absolute Gasteiger partial charge is 0.159 e. The molecular formula is C16H18F2N2O. The van der Waals surface area contributed by atoms with Gasteiger partial charge in [-0.25, -0.2) is 8.78 Å². The minimum Gasteiger partial charge on any atom is -0.372 e. The van der Waals surface area contributed by atoms with E-state index in [-0.39, 0.29) is 12.1 Å². The molecule has 1 fully saturated rings. The monoisotopic (exact) mass is 292 g/mol. The first-order valence-electron chi connectivity index (χ1n) is 7.05. The summed E-state index contributed by atoms with van der Waals surface area (Å²) in [6.07, 6.45) is 2.61. The first-order chi connectivity index (χ1) is 10.1. The number of hydrogen-bond acceptors (Lipinski definition) is 2. The van der Waals surface area contributed by atoms with Crippen LogP contribution >= 0.6 is 0 Å². The van der Waals surface area contributed by atoms with E-state index in [9.17, 15) is 8.78 Å². The van der Waals surface area contributed by atoms with Crippen LogP contribution in [0.1, 0.15) is 23.8 Å². The number of hydrogen-bond donors (Lipinski definition) is 1. The molecule has 3 nitrogen and oxygen atoms in total. The first-order valence-corrected chi connectivity index (χ1v) is 7.05. The Balaban J connectivity index is 1.70. The van der Waals surface area contributed by atoms with Crippen LogP contribution in [-0.4, -0.2) is 17.2 Å². The average molecular weight is 292 g/mol. The molecule has 0 unspecified atom stereocenters. The fraction of sp³-hybridized carbons (Fsp3) is 0.375. The molecule has 0 saturated carbocycles. The number of benzene rings is 1. The molecule has 3 rings (SSSR count). The molecular weight excluding hydrogens is 274 g/mol. The maximum Gasteiger partial charge on any atom is 0.159 e. The van der Waals surface area contributed by atoms with Crippen LogP contribution in [0.3, 0.4) is 0 Å². The number of aromatic nitrogens is 1. The van der Waals surface area contributed by atoms with Gasteiger partial charge >= 0.3 is 0 Å². The standard InChI is InChI=1S/C16H18F2N2O/c1-20-7-2-3-12(20)10-19-15-6-8-21-16(15)11-4-5-13(17)14(18)9-11/h2-5,7,9,15-16,19H,6,8,10H2,1H3/t15-,16+/m1/s1. The molecule has 0 spiro atoms. The van der Waals surface area contributed by atoms with Crippen molar-refractivity contribution in [1.82, 2.24) is 9.88 Å². The summed E-state index contributed by atoms with van der Waals surface area (Å²) in [5.74, 6) is -1.66. The van der Waals surface area contributed by atoms with Gasteiger partial charge in [0, 0.05) is 38.1 Å². The lowest BCUT2D eigenvalue weighted by Crippen LogP contribution is -2.31. The van der Waals surface area contributed by atoms with Gasteiger partial charge in [-0.05, 0) is 36.2 Å². The van der Waals surface area contributed by atoms with Crippen molar-refractivity contribution < 1.29 is 13.5 Å². The number of nitrogens with one attached hydrogen (secondary N) is 1. The number of ether oxygens (including phenoxy) is 1. The molecule has 21 heavy (non-hydrogen) atoms. The third kappa shape index (κ3) is 2.99. The van der Waals surface area contributed by atoms with Gasteiger partial charge in [0.2, 0.25) is 0 Å². The van der Waals surface area contributed by atoms with Gasteiger partial charge in [0.25, 0.3) is 0 Å². The van der Waals surface area contributed by atoms with Crippen molar-refractivity contribution in [1.29, 1.82) is 0 Å². The van der Waals surface area contributed by atoms with E-state index in [4.69, 9.17) is 4.74 Å². The maximum absolute atomic E-state index is 13.4. The predicted octanol–water partition coefficient (Wildman–Crippen LogP) is 2.92. The van der Waals surface area contributed by atoms with E-state index in [1.165, 1.54) is 11.8 Å². The van der Waals surface area contributed by atoms with Crippen LogP contribution in [0.5, 0.6) is 0 Å². The Morgan fingerprint density at radius 1 is 1.29 bits per heavy atom. The minimum absolute atomic E-state index is 0.102. The van der Waals surface area contributed by atoms with Crippen LogP contribution in [0.15, 0.2) is 36.5 Å². The summed E-state index contributed by atoms with van der Waals surface area (Å²) in [6, 6.07) is 8.11. The molecule has 2 atom stereocenters. The van der Waals surface area contributed by atoms with Gasteiger partial charge < -0.3 is 14.6 Å². The highest BCUT2D eigenvalue weighted by molar-refractivity contribution is 5.22. The molecule has 1 aromatic carbocycles. The lowest BCUT2D eigenvalue weighted by molar-refractivity contribution is 0.0980. The van der Waals surface area contributed by atoms with E-state index in [2.05, 4.69) is 16.0 Å². The summed E-state index contributed by atoms with van der Waals surface area (Å²) >= 11 is 0.